The Balaban J connectivity index is 1.79. The molecule has 1 aromatic rings. The van der Waals surface area contributed by atoms with Gasteiger partial charge in [0.25, 0.3) is 0 Å². The van der Waals surface area contributed by atoms with Gasteiger partial charge in [-0.25, -0.2) is 8.42 Å². The third-order valence-electron chi connectivity index (χ3n) is 3.93. The van der Waals surface area contributed by atoms with Crippen molar-refractivity contribution >= 4 is 10.0 Å². The van der Waals surface area contributed by atoms with Crippen molar-refractivity contribution in [3.63, 3.8) is 0 Å². The first-order valence-electron chi connectivity index (χ1n) is 7.27. The van der Waals surface area contributed by atoms with Crippen LogP contribution in [0, 0.1) is 6.92 Å². The predicted octanol–water partition coefficient (Wildman–Crippen LogP) is 1.50. The fraction of sp³-hybridized carbons (Fsp3) is 0.600. The lowest BCUT2D eigenvalue weighted by molar-refractivity contribution is 0.190. The topological polar surface area (TPSA) is 40.6 Å². The van der Waals surface area contributed by atoms with Crippen LogP contribution in [0.5, 0.6) is 0 Å². The maximum Gasteiger partial charge on any atom is 0.213 e. The van der Waals surface area contributed by atoms with Crippen molar-refractivity contribution in [3.05, 3.63) is 35.4 Å². The molecule has 0 aromatic heterocycles. The normalized spacial score (nSPS) is 18.3. The van der Waals surface area contributed by atoms with E-state index in [1.54, 1.807) is 11.2 Å². The molecule has 0 unspecified atom stereocenters. The van der Waals surface area contributed by atoms with Crippen LogP contribution in [0.2, 0.25) is 0 Å². The Bertz CT molecular complexity index is 517. The molecule has 0 saturated carbocycles. The summed E-state index contributed by atoms with van der Waals surface area (Å²) < 4.78 is 25.2. The molecular weight excluding hydrogens is 272 g/mol. The van der Waals surface area contributed by atoms with Gasteiger partial charge >= 0.3 is 0 Å². The standard InChI is InChI=1S/C15H24N2O2S/c1-3-20(18,19)17-12-10-16(11-13-17)9-8-15-6-4-14(2)5-7-15/h4-7H,3,8-13H2,1-2H3. The highest BCUT2D eigenvalue weighted by atomic mass is 32.2. The Morgan fingerprint density at radius 1 is 1.05 bits per heavy atom. The van der Waals surface area contributed by atoms with Gasteiger partial charge in [-0.05, 0) is 25.8 Å². The van der Waals surface area contributed by atoms with Crippen molar-refractivity contribution in [2.45, 2.75) is 20.3 Å². The van der Waals surface area contributed by atoms with Crippen molar-refractivity contribution in [2.24, 2.45) is 0 Å². The average Bonchev–Trinajstić information content (AvgIpc) is 2.47. The zero-order chi connectivity index (χ0) is 14.6. The zero-order valence-electron chi connectivity index (χ0n) is 12.4. The molecule has 1 saturated heterocycles. The van der Waals surface area contributed by atoms with Crippen LogP contribution in [-0.4, -0.2) is 56.1 Å². The highest BCUT2D eigenvalue weighted by Gasteiger charge is 2.24. The van der Waals surface area contributed by atoms with Crippen molar-refractivity contribution in [3.8, 4) is 0 Å². The van der Waals surface area contributed by atoms with Gasteiger partial charge in [-0.2, -0.15) is 4.31 Å². The number of hydrogen-bond acceptors (Lipinski definition) is 3. The average molecular weight is 296 g/mol. The quantitative estimate of drug-likeness (QED) is 0.827. The molecule has 0 radical (unpaired) electrons. The van der Waals surface area contributed by atoms with Crippen LogP contribution in [0.15, 0.2) is 24.3 Å². The van der Waals surface area contributed by atoms with E-state index in [2.05, 4.69) is 36.1 Å². The molecular formula is C15H24N2O2S. The van der Waals surface area contributed by atoms with Crippen LogP contribution in [0.4, 0.5) is 0 Å². The summed E-state index contributed by atoms with van der Waals surface area (Å²) in [6, 6.07) is 8.63. The monoisotopic (exact) mass is 296 g/mol. The van der Waals surface area contributed by atoms with Gasteiger partial charge in [0, 0.05) is 32.7 Å². The van der Waals surface area contributed by atoms with Gasteiger partial charge in [0.15, 0.2) is 0 Å². The second-order valence-electron chi connectivity index (χ2n) is 5.38. The summed E-state index contributed by atoms with van der Waals surface area (Å²) in [6.07, 6.45) is 1.03. The number of nitrogens with zero attached hydrogens (tertiary/aromatic N) is 2. The Hall–Kier alpha value is -0.910. The van der Waals surface area contributed by atoms with Crippen molar-refractivity contribution in [1.29, 1.82) is 0 Å². The minimum atomic E-state index is -3.01. The van der Waals surface area contributed by atoms with Crippen LogP contribution >= 0.6 is 0 Å². The molecule has 0 N–H and O–H groups in total. The molecule has 1 aliphatic heterocycles. The molecule has 0 amide bonds. The summed E-state index contributed by atoms with van der Waals surface area (Å²) in [5.41, 5.74) is 2.63. The van der Waals surface area contributed by atoms with Crippen LogP contribution < -0.4 is 0 Å². The molecule has 1 aromatic carbocycles. The summed E-state index contributed by atoms with van der Waals surface area (Å²) in [4.78, 5) is 2.35. The molecule has 20 heavy (non-hydrogen) atoms. The molecule has 0 bridgehead atoms. The molecule has 0 spiro atoms. The van der Waals surface area contributed by atoms with Gasteiger partial charge in [-0.3, -0.25) is 0 Å². The highest BCUT2D eigenvalue weighted by molar-refractivity contribution is 7.89. The Kier molecular flexibility index (Phi) is 5.18. The Labute approximate surface area is 122 Å². The van der Waals surface area contributed by atoms with Gasteiger partial charge in [0.05, 0.1) is 5.75 Å². The summed E-state index contributed by atoms with van der Waals surface area (Å²) in [6.45, 7) is 7.74. The summed E-state index contributed by atoms with van der Waals surface area (Å²) in [5.74, 6) is 0.205. The van der Waals surface area contributed by atoms with Crippen molar-refractivity contribution in [2.75, 3.05) is 38.5 Å². The Morgan fingerprint density at radius 3 is 2.20 bits per heavy atom. The van der Waals surface area contributed by atoms with E-state index in [9.17, 15) is 8.42 Å². The fourth-order valence-corrected chi connectivity index (χ4v) is 3.54. The number of sulfonamides is 1. The first-order valence-corrected chi connectivity index (χ1v) is 8.88. The van der Waals surface area contributed by atoms with E-state index in [1.165, 1.54) is 11.1 Å². The van der Waals surface area contributed by atoms with Crippen LogP contribution in [-0.2, 0) is 16.4 Å². The molecule has 4 nitrogen and oxygen atoms in total. The van der Waals surface area contributed by atoms with E-state index >= 15 is 0 Å². The maximum atomic E-state index is 11.8. The number of hydrogen-bond donors (Lipinski definition) is 0. The van der Waals surface area contributed by atoms with Crippen LogP contribution in [0.25, 0.3) is 0 Å². The lowest BCUT2D eigenvalue weighted by Gasteiger charge is -2.33. The summed E-state index contributed by atoms with van der Waals surface area (Å²) in [7, 11) is -3.01. The number of benzene rings is 1. The molecule has 1 heterocycles. The fourth-order valence-electron chi connectivity index (χ4n) is 2.46. The first kappa shape index (κ1) is 15.5. The third-order valence-corrected chi connectivity index (χ3v) is 5.81. The van der Waals surface area contributed by atoms with Crippen LogP contribution in [0.1, 0.15) is 18.1 Å². The SMILES string of the molecule is CCS(=O)(=O)N1CCN(CCc2ccc(C)cc2)CC1. The second-order valence-corrected chi connectivity index (χ2v) is 7.63. The molecule has 2 rings (SSSR count). The third kappa shape index (κ3) is 4.04. The van der Waals surface area contributed by atoms with E-state index in [1.807, 2.05) is 0 Å². The van der Waals surface area contributed by atoms with E-state index < -0.39 is 10.0 Å². The summed E-state index contributed by atoms with van der Waals surface area (Å²) in [5, 5.41) is 0. The van der Waals surface area contributed by atoms with E-state index in [-0.39, 0.29) is 5.75 Å². The van der Waals surface area contributed by atoms with Crippen molar-refractivity contribution in [1.82, 2.24) is 9.21 Å². The smallest absolute Gasteiger partial charge is 0.213 e. The molecule has 0 atom stereocenters. The van der Waals surface area contributed by atoms with Crippen LogP contribution in [0.3, 0.4) is 0 Å². The second kappa shape index (κ2) is 6.70. The van der Waals surface area contributed by atoms with E-state index in [4.69, 9.17) is 0 Å². The van der Waals surface area contributed by atoms with E-state index in [0.29, 0.717) is 13.1 Å². The molecule has 1 aliphatic rings. The number of piperazine rings is 1. The maximum absolute atomic E-state index is 11.8. The summed E-state index contributed by atoms with van der Waals surface area (Å²) >= 11 is 0. The number of aryl methyl sites for hydroxylation is 1. The van der Waals surface area contributed by atoms with Crippen molar-refractivity contribution < 1.29 is 8.42 Å². The first-order chi connectivity index (χ1) is 9.51. The largest absolute Gasteiger partial charge is 0.300 e. The van der Waals surface area contributed by atoms with Gasteiger partial charge < -0.3 is 4.90 Å². The minimum absolute atomic E-state index is 0.205. The molecule has 0 aliphatic carbocycles. The van der Waals surface area contributed by atoms with Gasteiger partial charge in [-0.15, -0.1) is 0 Å². The molecule has 1 fully saturated rings. The lowest BCUT2D eigenvalue weighted by atomic mass is 10.1. The minimum Gasteiger partial charge on any atom is -0.300 e. The lowest BCUT2D eigenvalue weighted by Crippen LogP contribution is -2.49. The van der Waals surface area contributed by atoms with Gasteiger partial charge in [-0.1, -0.05) is 29.8 Å². The predicted molar refractivity (Wildman–Crippen MR) is 82.4 cm³/mol. The highest BCUT2D eigenvalue weighted by Crippen LogP contribution is 2.10. The number of rotatable bonds is 5. The van der Waals surface area contributed by atoms with Gasteiger partial charge in [0.2, 0.25) is 10.0 Å². The Morgan fingerprint density at radius 2 is 1.65 bits per heavy atom. The molecule has 112 valence electrons. The zero-order valence-corrected chi connectivity index (χ0v) is 13.2. The van der Waals surface area contributed by atoms with Gasteiger partial charge in [0.1, 0.15) is 0 Å². The van der Waals surface area contributed by atoms with E-state index in [0.717, 1.165) is 26.1 Å². The molecule has 5 heteroatoms.